The summed E-state index contributed by atoms with van der Waals surface area (Å²) in [5, 5.41) is 17.8. The molecule has 0 bridgehead atoms. The largest absolute Gasteiger partial charge is 0.481 e. The van der Waals surface area contributed by atoms with E-state index in [-0.39, 0.29) is 5.75 Å². The first-order valence-corrected chi connectivity index (χ1v) is 7.97. The van der Waals surface area contributed by atoms with Gasteiger partial charge in [-0.15, -0.1) is 10.2 Å². The molecule has 6 nitrogen and oxygen atoms in total. The summed E-state index contributed by atoms with van der Waals surface area (Å²) in [6.07, 6.45) is 5.37. The fraction of sp³-hybridized carbons (Fsp3) is 0.700. The van der Waals surface area contributed by atoms with Crippen molar-refractivity contribution in [2.45, 2.75) is 35.7 Å². The average molecular weight is 288 g/mol. The van der Waals surface area contributed by atoms with Crippen LogP contribution in [0.1, 0.15) is 25.3 Å². The van der Waals surface area contributed by atoms with E-state index in [4.69, 9.17) is 10.8 Å². The summed E-state index contributed by atoms with van der Waals surface area (Å²) in [6, 6.07) is 0.300. The molecule has 8 heteroatoms. The Hall–Kier alpha value is -0.890. The van der Waals surface area contributed by atoms with E-state index < -0.39 is 5.97 Å². The van der Waals surface area contributed by atoms with Crippen LogP contribution in [0.5, 0.6) is 0 Å². The third-order valence-electron chi connectivity index (χ3n) is 3.07. The number of rotatable bonds is 5. The highest BCUT2D eigenvalue weighted by Crippen LogP contribution is 2.38. The standard InChI is InChI=1S/C10H16N4O2S2/c1-17-7-3-2-6(4-7)14-9(11)12-13-10(14)18-5-8(15)16/h6-7H,2-5H2,1H3,(H2,11,12)(H,15,16). The summed E-state index contributed by atoms with van der Waals surface area (Å²) in [7, 11) is 0. The lowest BCUT2D eigenvalue weighted by Crippen LogP contribution is -2.12. The molecular weight excluding hydrogens is 272 g/mol. The highest BCUT2D eigenvalue weighted by molar-refractivity contribution is 7.99. The zero-order valence-corrected chi connectivity index (χ0v) is 11.7. The molecule has 3 N–H and O–H groups in total. The average Bonchev–Trinajstić information content (AvgIpc) is 2.92. The monoisotopic (exact) mass is 288 g/mol. The van der Waals surface area contributed by atoms with Crippen LogP contribution >= 0.6 is 23.5 Å². The van der Waals surface area contributed by atoms with Crippen molar-refractivity contribution in [3.8, 4) is 0 Å². The number of carboxylic acid groups (broad SMARTS) is 1. The zero-order valence-electron chi connectivity index (χ0n) is 10.1. The second kappa shape index (κ2) is 5.83. The van der Waals surface area contributed by atoms with Crippen molar-refractivity contribution in [2.75, 3.05) is 17.7 Å². The van der Waals surface area contributed by atoms with Crippen LogP contribution in [0.2, 0.25) is 0 Å². The molecule has 0 aliphatic heterocycles. The third kappa shape index (κ3) is 2.92. The number of aliphatic carboxylic acids is 1. The first kappa shape index (κ1) is 13.5. The van der Waals surface area contributed by atoms with E-state index in [2.05, 4.69) is 16.5 Å². The van der Waals surface area contributed by atoms with Crippen molar-refractivity contribution in [1.29, 1.82) is 0 Å². The zero-order chi connectivity index (χ0) is 13.1. The minimum Gasteiger partial charge on any atom is -0.481 e. The van der Waals surface area contributed by atoms with E-state index in [1.54, 1.807) is 0 Å². The topological polar surface area (TPSA) is 94.0 Å². The van der Waals surface area contributed by atoms with Crippen molar-refractivity contribution in [1.82, 2.24) is 14.8 Å². The van der Waals surface area contributed by atoms with Gasteiger partial charge in [-0.3, -0.25) is 9.36 Å². The molecular formula is C10H16N4O2S2. The molecule has 1 aliphatic carbocycles. The summed E-state index contributed by atoms with van der Waals surface area (Å²) in [5.41, 5.74) is 5.84. The van der Waals surface area contributed by atoms with E-state index >= 15 is 0 Å². The van der Waals surface area contributed by atoms with Gasteiger partial charge in [0.2, 0.25) is 5.95 Å². The molecule has 2 atom stereocenters. The number of nitrogens with zero attached hydrogens (tertiary/aromatic N) is 3. The Morgan fingerprint density at radius 1 is 1.56 bits per heavy atom. The van der Waals surface area contributed by atoms with Crippen LogP contribution in [0.25, 0.3) is 0 Å². The maximum absolute atomic E-state index is 10.6. The van der Waals surface area contributed by atoms with E-state index in [9.17, 15) is 4.79 Å². The van der Waals surface area contributed by atoms with Gasteiger partial charge in [-0.25, -0.2) is 0 Å². The summed E-state index contributed by atoms with van der Waals surface area (Å²) in [5.74, 6) is -0.493. The molecule has 0 saturated heterocycles. The molecule has 1 aliphatic rings. The van der Waals surface area contributed by atoms with E-state index in [0.29, 0.717) is 22.4 Å². The number of carboxylic acids is 1. The molecule has 1 aromatic rings. The lowest BCUT2D eigenvalue weighted by molar-refractivity contribution is -0.133. The second-order valence-electron chi connectivity index (χ2n) is 4.22. The number of thioether (sulfide) groups is 2. The van der Waals surface area contributed by atoms with Crippen LogP contribution in [-0.4, -0.2) is 43.1 Å². The van der Waals surface area contributed by atoms with Gasteiger partial charge in [0.1, 0.15) is 0 Å². The molecule has 2 rings (SSSR count). The van der Waals surface area contributed by atoms with Crippen LogP contribution in [0.15, 0.2) is 5.16 Å². The van der Waals surface area contributed by atoms with Crippen molar-refractivity contribution in [3.05, 3.63) is 0 Å². The number of carbonyl (C=O) groups is 1. The minimum absolute atomic E-state index is 0.0171. The Labute approximate surface area is 114 Å². The Bertz CT molecular complexity index is 438. The number of nitrogens with two attached hydrogens (primary N) is 1. The highest BCUT2D eigenvalue weighted by atomic mass is 32.2. The van der Waals surface area contributed by atoms with Crippen molar-refractivity contribution in [3.63, 3.8) is 0 Å². The van der Waals surface area contributed by atoms with Gasteiger partial charge >= 0.3 is 5.97 Å². The number of hydrogen-bond donors (Lipinski definition) is 2. The van der Waals surface area contributed by atoms with Crippen LogP contribution < -0.4 is 5.73 Å². The van der Waals surface area contributed by atoms with Crippen molar-refractivity contribution in [2.24, 2.45) is 0 Å². The molecule has 1 saturated carbocycles. The third-order valence-corrected chi connectivity index (χ3v) is 5.09. The molecule has 1 heterocycles. The number of nitrogen functional groups attached to an aromatic ring is 1. The maximum Gasteiger partial charge on any atom is 0.313 e. The molecule has 100 valence electrons. The summed E-state index contributed by atoms with van der Waals surface area (Å²) >= 11 is 3.04. The first-order valence-electron chi connectivity index (χ1n) is 5.69. The molecule has 0 amide bonds. The van der Waals surface area contributed by atoms with E-state index in [1.807, 2.05) is 16.3 Å². The summed E-state index contributed by atoms with van der Waals surface area (Å²) < 4.78 is 1.89. The second-order valence-corrected chi connectivity index (χ2v) is 6.30. The number of aromatic nitrogens is 3. The predicted molar refractivity (Wildman–Crippen MR) is 73.0 cm³/mol. The van der Waals surface area contributed by atoms with Crippen molar-refractivity contribution < 1.29 is 9.90 Å². The van der Waals surface area contributed by atoms with Crippen LogP contribution in [0, 0.1) is 0 Å². The van der Waals surface area contributed by atoms with E-state index in [0.717, 1.165) is 19.3 Å². The molecule has 0 spiro atoms. The Morgan fingerprint density at radius 2 is 2.33 bits per heavy atom. The summed E-state index contributed by atoms with van der Waals surface area (Å²) in [6.45, 7) is 0. The molecule has 0 aromatic carbocycles. The van der Waals surface area contributed by atoms with Crippen LogP contribution in [0.3, 0.4) is 0 Å². The number of anilines is 1. The van der Waals surface area contributed by atoms with Gasteiger partial charge in [0.25, 0.3) is 0 Å². The fourth-order valence-corrected chi connectivity index (χ4v) is 3.74. The maximum atomic E-state index is 10.6. The quantitative estimate of drug-likeness (QED) is 0.793. The lowest BCUT2D eigenvalue weighted by Gasteiger charge is -2.15. The van der Waals surface area contributed by atoms with Gasteiger partial charge in [-0.2, -0.15) is 11.8 Å². The van der Waals surface area contributed by atoms with Crippen LogP contribution in [0.4, 0.5) is 5.95 Å². The van der Waals surface area contributed by atoms with Gasteiger partial charge in [-0.05, 0) is 25.5 Å². The molecule has 18 heavy (non-hydrogen) atoms. The molecule has 1 fully saturated rings. The minimum atomic E-state index is -0.860. The highest BCUT2D eigenvalue weighted by Gasteiger charge is 2.29. The molecule has 1 aromatic heterocycles. The summed E-state index contributed by atoms with van der Waals surface area (Å²) in [4.78, 5) is 10.6. The van der Waals surface area contributed by atoms with Gasteiger partial charge in [-0.1, -0.05) is 11.8 Å². The van der Waals surface area contributed by atoms with Gasteiger partial charge < -0.3 is 10.8 Å². The van der Waals surface area contributed by atoms with Gasteiger partial charge in [0.05, 0.1) is 5.75 Å². The fourth-order valence-electron chi connectivity index (χ4n) is 2.22. The Kier molecular flexibility index (Phi) is 4.39. The smallest absolute Gasteiger partial charge is 0.313 e. The van der Waals surface area contributed by atoms with Gasteiger partial charge in [0, 0.05) is 11.3 Å². The Balaban J connectivity index is 2.11. The SMILES string of the molecule is CSC1CCC(n2c(N)nnc2SCC(=O)O)C1. The van der Waals surface area contributed by atoms with Crippen LogP contribution in [-0.2, 0) is 4.79 Å². The predicted octanol–water partition coefficient (Wildman–Crippen LogP) is 1.49. The van der Waals surface area contributed by atoms with E-state index in [1.165, 1.54) is 11.8 Å². The lowest BCUT2D eigenvalue weighted by atomic mass is 10.2. The van der Waals surface area contributed by atoms with Crippen molar-refractivity contribution >= 4 is 35.4 Å². The molecule has 2 unspecified atom stereocenters. The normalized spacial score (nSPS) is 23.4. The molecule has 0 radical (unpaired) electrons. The number of hydrogen-bond acceptors (Lipinski definition) is 6. The van der Waals surface area contributed by atoms with Gasteiger partial charge in [0.15, 0.2) is 5.16 Å². The first-order chi connectivity index (χ1) is 8.61. The Morgan fingerprint density at radius 3 is 2.94 bits per heavy atom.